The third kappa shape index (κ3) is 2.06. The highest BCUT2D eigenvalue weighted by atomic mass is 16.6. The van der Waals surface area contributed by atoms with E-state index < -0.39 is 0 Å². The van der Waals surface area contributed by atoms with E-state index >= 15 is 0 Å². The maximum absolute atomic E-state index is 5.32. The highest BCUT2D eigenvalue weighted by Gasteiger charge is 2.02. The van der Waals surface area contributed by atoms with Crippen LogP contribution in [-0.2, 0) is 11.4 Å². The van der Waals surface area contributed by atoms with Crippen LogP contribution in [0.15, 0.2) is 10.5 Å². The maximum Gasteiger partial charge on any atom is 0.105 e. The van der Waals surface area contributed by atoms with E-state index in [0.717, 1.165) is 17.1 Å². The first-order valence-electron chi connectivity index (χ1n) is 3.56. The van der Waals surface area contributed by atoms with Gasteiger partial charge in [0.15, 0.2) is 0 Å². The third-order valence-corrected chi connectivity index (χ3v) is 1.55. The minimum absolute atomic E-state index is 0.694. The number of furan rings is 1. The zero-order chi connectivity index (χ0) is 8.27. The Morgan fingerprint density at radius 1 is 1.55 bits per heavy atom. The zero-order valence-corrected chi connectivity index (χ0v) is 7.10. The molecule has 0 aliphatic rings. The van der Waals surface area contributed by atoms with Crippen LogP contribution < -0.4 is 5.48 Å². The van der Waals surface area contributed by atoms with Crippen molar-refractivity contribution in [2.24, 2.45) is 0 Å². The quantitative estimate of drug-likeness (QED) is 0.672. The highest BCUT2D eigenvalue weighted by molar-refractivity contribution is 5.19. The van der Waals surface area contributed by atoms with E-state index in [0.29, 0.717) is 6.54 Å². The van der Waals surface area contributed by atoms with Crippen LogP contribution >= 0.6 is 0 Å². The molecule has 11 heavy (non-hydrogen) atoms. The van der Waals surface area contributed by atoms with Crippen molar-refractivity contribution in [1.29, 1.82) is 0 Å². The average molecular weight is 155 g/mol. The van der Waals surface area contributed by atoms with Gasteiger partial charge in [-0.3, -0.25) is 0 Å². The van der Waals surface area contributed by atoms with Crippen molar-refractivity contribution in [3.8, 4) is 0 Å². The SMILES string of the molecule is CONCc1cc(C)oc1C. The molecule has 0 fully saturated rings. The van der Waals surface area contributed by atoms with Crippen molar-refractivity contribution in [1.82, 2.24) is 5.48 Å². The summed E-state index contributed by atoms with van der Waals surface area (Å²) >= 11 is 0. The maximum atomic E-state index is 5.32. The van der Waals surface area contributed by atoms with Crippen molar-refractivity contribution in [3.63, 3.8) is 0 Å². The number of hydroxylamine groups is 1. The summed E-state index contributed by atoms with van der Waals surface area (Å²) in [6.45, 7) is 4.57. The molecule has 3 heteroatoms. The van der Waals surface area contributed by atoms with Crippen molar-refractivity contribution >= 4 is 0 Å². The Morgan fingerprint density at radius 3 is 2.73 bits per heavy atom. The van der Waals surface area contributed by atoms with Gasteiger partial charge < -0.3 is 9.25 Å². The lowest BCUT2D eigenvalue weighted by Gasteiger charge is -1.97. The second kappa shape index (κ2) is 3.55. The number of nitrogens with one attached hydrogen (secondary N) is 1. The Morgan fingerprint density at radius 2 is 2.27 bits per heavy atom. The molecular weight excluding hydrogens is 142 g/mol. The Labute approximate surface area is 66.3 Å². The molecule has 0 aliphatic carbocycles. The summed E-state index contributed by atoms with van der Waals surface area (Å²) in [6, 6.07) is 2.00. The summed E-state index contributed by atoms with van der Waals surface area (Å²) in [6.07, 6.45) is 0. The lowest BCUT2D eigenvalue weighted by Crippen LogP contribution is -2.10. The minimum Gasteiger partial charge on any atom is -0.466 e. The summed E-state index contributed by atoms with van der Waals surface area (Å²) in [7, 11) is 1.60. The van der Waals surface area contributed by atoms with Crippen molar-refractivity contribution in [2.75, 3.05) is 7.11 Å². The lowest BCUT2D eigenvalue weighted by molar-refractivity contribution is 0.0864. The molecule has 0 unspecified atom stereocenters. The lowest BCUT2D eigenvalue weighted by atomic mass is 10.2. The van der Waals surface area contributed by atoms with Gasteiger partial charge in [-0.2, -0.15) is 5.48 Å². The van der Waals surface area contributed by atoms with E-state index in [9.17, 15) is 0 Å². The first-order valence-corrected chi connectivity index (χ1v) is 3.56. The third-order valence-electron chi connectivity index (χ3n) is 1.55. The standard InChI is InChI=1S/C8H13NO2/c1-6-4-8(5-9-10-3)7(2)11-6/h4,9H,5H2,1-3H3. The molecule has 1 heterocycles. The molecule has 1 aromatic rings. The molecule has 0 saturated heterocycles. The molecule has 0 saturated carbocycles. The molecule has 1 N–H and O–H groups in total. The Hall–Kier alpha value is -0.800. The Kier molecular flexibility index (Phi) is 2.68. The first-order chi connectivity index (χ1) is 5.24. The summed E-state index contributed by atoms with van der Waals surface area (Å²) in [4.78, 5) is 4.72. The number of hydrogen-bond acceptors (Lipinski definition) is 3. The number of rotatable bonds is 3. The van der Waals surface area contributed by atoms with Gasteiger partial charge in [0, 0.05) is 12.1 Å². The molecule has 0 spiro atoms. The largest absolute Gasteiger partial charge is 0.466 e. The number of aryl methyl sites for hydroxylation is 2. The molecule has 0 aliphatic heterocycles. The fraction of sp³-hybridized carbons (Fsp3) is 0.500. The summed E-state index contributed by atoms with van der Waals surface area (Å²) in [5, 5.41) is 0. The monoisotopic (exact) mass is 155 g/mol. The molecule has 0 aromatic carbocycles. The van der Waals surface area contributed by atoms with Gasteiger partial charge in [-0.1, -0.05) is 0 Å². The fourth-order valence-corrected chi connectivity index (χ4v) is 1.01. The molecule has 0 amide bonds. The Bertz CT molecular complexity index is 230. The predicted molar refractivity (Wildman–Crippen MR) is 42.0 cm³/mol. The van der Waals surface area contributed by atoms with E-state index in [2.05, 4.69) is 5.48 Å². The first kappa shape index (κ1) is 8.30. The van der Waals surface area contributed by atoms with Gasteiger partial charge in [0.25, 0.3) is 0 Å². The summed E-state index contributed by atoms with van der Waals surface area (Å²) in [5.74, 6) is 1.89. The molecule has 62 valence electrons. The van der Waals surface area contributed by atoms with E-state index in [1.807, 2.05) is 19.9 Å². The van der Waals surface area contributed by atoms with Crippen LogP contribution in [0.4, 0.5) is 0 Å². The summed E-state index contributed by atoms with van der Waals surface area (Å²) in [5.41, 5.74) is 3.90. The van der Waals surface area contributed by atoms with E-state index in [1.54, 1.807) is 7.11 Å². The van der Waals surface area contributed by atoms with Gasteiger partial charge in [-0.15, -0.1) is 0 Å². The van der Waals surface area contributed by atoms with E-state index in [1.165, 1.54) is 0 Å². The average Bonchev–Trinajstić information content (AvgIpc) is 2.26. The molecule has 1 rings (SSSR count). The minimum atomic E-state index is 0.694. The topological polar surface area (TPSA) is 34.4 Å². The van der Waals surface area contributed by atoms with Gasteiger partial charge in [-0.05, 0) is 19.9 Å². The van der Waals surface area contributed by atoms with E-state index in [-0.39, 0.29) is 0 Å². The molecule has 0 bridgehead atoms. The van der Waals surface area contributed by atoms with Crippen molar-refractivity contribution in [3.05, 3.63) is 23.2 Å². The van der Waals surface area contributed by atoms with Crippen LogP contribution in [0.1, 0.15) is 17.1 Å². The Balaban J connectivity index is 2.62. The van der Waals surface area contributed by atoms with E-state index in [4.69, 9.17) is 9.25 Å². The van der Waals surface area contributed by atoms with Crippen LogP contribution in [0.5, 0.6) is 0 Å². The predicted octanol–water partition coefficient (Wildman–Crippen LogP) is 1.55. The smallest absolute Gasteiger partial charge is 0.105 e. The highest BCUT2D eigenvalue weighted by Crippen LogP contribution is 2.12. The number of hydrogen-bond donors (Lipinski definition) is 1. The van der Waals surface area contributed by atoms with Crippen LogP contribution in [0.25, 0.3) is 0 Å². The van der Waals surface area contributed by atoms with Gasteiger partial charge in [-0.25, -0.2) is 0 Å². The van der Waals surface area contributed by atoms with Gasteiger partial charge >= 0.3 is 0 Å². The fourth-order valence-electron chi connectivity index (χ4n) is 1.01. The normalized spacial score (nSPS) is 10.5. The van der Waals surface area contributed by atoms with Crippen molar-refractivity contribution in [2.45, 2.75) is 20.4 Å². The van der Waals surface area contributed by atoms with Gasteiger partial charge in [0.2, 0.25) is 0 Å². The van der Waals surface area contributed by atoms with Crippen LogP contribution in [0, 0.1) is 13.8 Å². The molecular formula is C8H13NO2. The van der Waals surface area contributed by atoms with Crippen LogP contribution in [0.3, 0.4) is 0 Å². The van der Waals surface area contributed by atoms with Crippen LogP contribution in [0.2, 0.25) is 0 Å². The van der Waals surface area contributed by atoms with Gasteiger partial charge in [0.1, 0.15) is 11.5 Å². The van der Waals surface area contributed by atoms with Crippen molar-refractivity contribution < 1.29 is 9.25 Å². The molecule has 1 aromatic heterocycles. The molecule has 0 atom stereocenters. The molecule has 0 radical (unpaired) electrons. The summed E-state index contributed by atoms with van der Waals surface area (Å²) < 4.78 is 5.32. The van der Waals surface area contributed by atoms with Crippen LogP contribution in [-0.4, -0.2) is 7.11 Å². The van der Waals surface area contributed by atoms with Gasteiger partial charge in [0.05, 0.1) is 7.11 Å². The second-order valence-electron chi connectivity index (χ2n) is 2.46. The second-order valence-corrected chi connectivity index (χ2v) is 2.46. The molecule has 3 nitrogen and oxygen atoms in total. The zero-order valence-electron chi connectivity index (χ0n) is 7.10.